The SMILES string of the molecule is C.C=CC(=O)Nc1cccc(Nc2nc(Cl)ncc2C)c1.C=CC(=O)Nc1cccc(Nc2nc(Nc3ccc(N4CC5(CN(C)C5)C4)cc3OC)ncc2C)c1.COc1cc(N2CC3(CN(C)C3)C2)ccc1N. The summed E-state index contributed by atoms with van der Waals surface area (Å²) in [4.78, 5) is 49.5. The van der Waals surface area contributed by atoms with Crippen LogP contribution in [0.5, 0.6) is 11.5 Å². The van der Waals surface area contributed by atoms with Gasteiger partial charge in [-0.1, -0.05) is 32.7 Å². The lowest BCUT2D eigenvalue weighted by atomic mass is 9.73. The van der Waals surface area contributed by atoms with Crippen LogP contribution in [0.1, 0.15) is 18.6 Å². The maximum Gasteiger partial charge on any atom is 0.247 e. The van der Waals surface area contributed by atoms with Gasteiger partial charge in [-0.3, -0.25) is 9.59 Å². The molecule has 4 aliphatic heterocycles. The number of nitrogens with two attached hydrogens (primary N) is 1. The summed E-state index contributed by atoms with van der Waals surface area (Å²) in [6, 6.07) is 26.9. The number of nitrogens with zero attached hydrogens (tertiary/aromatic N) is 8. The zero-order valence-electron chi connectivity index (χ0n) is 42.1. The number of rotatable bonds is 14. The second-order valence-electron chi connectivity index (χ2n) is 19.2. The Hall–Kier alpha value is -7.93. The van der Waals surface area contributed by atoms with Crippen molar-refractivity contribution in [1.82, 2.24) is 29.7 Å². The molecular weight excluding hydrogens is 956 g/mol. The number of nitrogens with one attached hydrogen (secondary N) is 5. The van der Waals surface area contributed by atoms with E-state index >= 15 is 0 Å². The highest BCUT2D eigenvalue weighted by molar-refractivity contribution is 6.28. The van der Waals surface area contributed by atoms with E-state index in [1.807, 2.05) is 68.4 Å². The molecular formula is C55H67ClN14O4. The van der Waals surface area contributed by atoms with Crippen molar-refractivity contribution in [2.45, 2.75) is 21.3 Å². The molecule has 2 amide bonds. The van der Waals surface area contributed by atoms with Crippen LogP contribution in [0.4, 0.5) is 63.1 Å². The summed E-state index contributed by atoms with van der Waals surface area (Å²) >= 11 is 5.77. The number of hydrogen-bond donors (Lipinski definition) is 6. The van der Waals surface area contributed by atoms with Gasteiger partial charge in [0.1, 0.15) is 23.1 Å². The van der Waals surface area contributed by atoms with E-state index in [1.165, 1.54) is 44.0 Å². The van der Waals surface area contributed by atoms with Gasteiger partial charge in [-0.15, -0.1) is 0 Å². The molecule has 4 saturated heterocycles. The van der Waals surface area contributed by atoms with E-state index in [1.54, 1.807) is 38.7 Å². The molecule has 0 bridgehead atoms. The number of nitrogen functional groups attached to an aromatic ring is 1. The van der Waals surface area contributed by atoms with Crippen LogP contribution in [0.25, 0.3) is 0 Å². The van der Waals surface area contributed by atoms with Gasteiger partial charge in [-0.05, 0) is 112 Å². The molecule has 0 aliphatic carbocycles. The van der Waals surface area contributed by atoms with Gasteiger partial charge in [0.05, 0.1) is 25.6 Å². The first-order valence-corrected chi connectivity index (χ1v) is 24.1. The van der Waals surface area contributed by atoms with E-state index in [9.17, 15) is 9.59 Å². The maximum absolute atomic E-state index is 11.6. The zero-order chi connectivity index (χ0) is 51.9. The van der Waals surface area contributed by atoms with Gasteiger partial charge in [0, 0.05) is 133 Å². The van der Waals surface area contributed by atoms with Crippen molar-refractivity contribution >= 4 is 86.5 Å². The van der Waals surface area contributed by atoms with Crippen LogP contribution < -0.4 is 51.6 Å². The topological polar surface area (TPSA) is 203 Å². The fraction of sp³-hybridized carbons (Fsp3) is 0.309. The Labute approximate surface area is 439 Å². The van der Waals surface area contributed by atoms with Gasteiger partial charge in [0.25, 0.3) is 0 Å². The Morgan fingerprint density at radius 1 is 0.635 bits per heavy atom. The van der Waals surface area contributed by atoms with Crippen molar-refractivity contribution in [3.63, 3.8) is 0 Å². The predicted octanol–water partition coefficient (Wildman–Crippen LogP) is 9.13. The zero-order valence-corrected chi connectivity index (χ0v) is 42.9. The number of likely N-dealkylation sites (tertiary alicyclic amines) is 2. The smallest absolute Gasteiger partial charge is 0.247 e. The molecule has 2 spiro atoms. The third-order valence-corrected chi connectivity index (χ3v) is 13.2. The monoisotopic (exact) mass is 1020 g/mol. The summed E-state index contributed by atoms with van der Waals surface area (Å²) in [7, 11) is 7.68. The first kappa shape index (κ1) is 53.9. The van der Waals surface area contributed by atoms with Crippen LogP contribution in [-0.2, 0) is 9.59 Å². The van der Waals surface area contributed by atoms with E-state index in [-0.39, 0.29) is 24.5 Å². The lowest BCUT2D eigenvalue weighted by Crippen LogP contribution is -2.71. The first-order chi connectivity index (χ1) is 35.1. The fourth-order valence-corrected chi connectivity index (χ4v) is 9.81. The predicted molar refractivity (Wildman–Crippen MR) is 300 cm³/mol. The maximum atomic E-state index is 11.6. The summed E-state index contributed by atoms with van der Waals surface area (Å²) < 4.78 is 10.9. The number of halogens is 1. The summed E-state index contributed by atoms with van der Waals surface area (Å²) in [5, 5.41) is 15.4. The Bertz CT molecular complexity index is 2980. The number of amides is 2. The van der Waals surface area contributed by atoms with Gasteiger partial charge in [0.2, 0.25) is 23.0 Å². The molecule has 0 radical (unpaired) electrons. The van der Waals surface area contributed by atoms with Gasteiger partial charge < -0.3 is 61.4 Å². The van der Waals surface area contributed by atoms with Crippen LogP contribution in [0.2, 0.25) is 5.28 Å². The fourth-order valence-electron chi connectivity index (χ4n) is 9.67. The van der Waals surface area contributed by atoms with E-state index in [2.05, 4.69) is 112 Å². The Morgan fingerprint density at radius 3 is 1.58 bits per heavy atom. The number of aromatic nitrogens is 4. The Balaban J connectivity index is 0.000000177. The lowest BCUT2D eigenvalue weighted by Gasteiger charge is -2.60. The van der Waals surface area contributed by atoms with Gasteiger partial charge in [0.15, 0.2) is 0 Å². The molecule has 4 aliphatic rings. The van der Waals surface area contributed by atoms with E-state index in [0.717, 1.165) is 71.6 Å². The quantitative estimate of drug-likeness (QED) is 0.0342. The lowest BCUT2D eigenvalue weighted by molar-refractivity contribution is -0.112. The van der Waals surface area contributed by atoms with Gasteiger partial charge >= 0.3 is 0 Å². The molecule has 0 atom stereocenters. The molecule has 0 saturated carbocycles. The number of benzene rings is 4. The molecule has 19 heteroatoms. The number of ether oxygens (including phenoxy) is 2. The second kappa shape index (κ2) is 23.3. The van der Waals surface area contributed by atoms with Crippen LogP contribution >= 0.6 is 11.6 Å². The molecule has 7 N–H and O–H groups in total. The summed E-state index contributed by atoms with van der Waals surface area (Å²) in [5.41, 5.74) is 15.4. The van der Waals surface area contributed by atoms with Crippen molar-refractivity contribution < 1.29 is 19.1 Å². The van der Waals surface area contributed by atoms with E-state index < -0.39 is 0 Å². The molecule has 18 nitrogen and oxygen atoms in total. The largest absolute Gasteiger partial charge is 0.495 e. The second-order valence-corrected chi connectivity index (χ2v) is 19.5. The highest BCUT2D eigenvalue weighted by atomic mass is 35.5. The first-order valence-electron chi connectivity index (χ1n) is 23.8. The van der Waals surface area contributed by atoms with Crippen LogP contribution in [0, 0.1) is 24.7 Å². The van der Waals surface area contributed by atoms with Crippen molar-refractivity contribution in [2.75, 3.05) is 123 Å². The number of carbonyl (C=O) groups is 2. The normalized spacial score (nSPS) is 15.6. The molecule has 0 unspecified atom stereocenters. The molecule has 388 valence electrons. The number of aryl methyl sites for hydroxylation is 2. The third kappa shape index (κ3) is 13.0. The summed E-state index contributed by atoms with van der Waals surface area (Å²) in [6.07, 6.45) is 5.85. The van der Waals surface area contributed by atoms with E-state index in [4.69, 9.17) is 26.8 Å². The average molecular weight is 1020 g/mol. The van der Waals surface area contributed by atoms with Crippen LogP contribution in [0.15, 0.2) is 123 Å². The minimum absolute atomic E-state index is 0. The highest BCUT2D eigenvalue weighted by Gasteiger charge is 2.51. The molecule has 10 rings (SSSR count). The molecule has 4 fully saturated rings. The average Bonchev–Trinajstić information content (AvgIpc) is 3.33. The molecule has 6 heterocycles. The van der Waals surface area contributed by atoms with E-state index in [0.29, 0.717) is 45.5 Å². The number of hydrogen-bond acceptors (Lipinski definition) is 16. The van der Waals surface area contributed by atoms with Crippen molar-refractivity contribution in [3.05, 3.63) is 139 Å². The van der Waals surface area contributed by atoms with Crippen LogP contribution in [0.3, 0.4) is 0 Å². The number of methoxy groups -OCH3 is 2. The Morgan fingerprint density at radius 2 is 1.09 bits per heavy atom. The minimum atomic E-state index is -0.263. The summed E-state index contributed by atoms with van der Waals surface area (Å²) in [6.45, 7) is 20.0. The Kier molecular flexibility index (Phi) is 17.0. The van der Waals surface area contributed by atoms with Gasteiger partial charge in [-0.25, -0.2) is 15.0 Å². The minimum Gasteiger partial charge on any atom is -0.495 e. The molecule has 6 aromatic rings. The molecule has 4 aromatic carbocycles. The van der Waals surface area contributed by atoms with Crippen LogP contribution in [-0.4, -0.2) is 122 Å². The number of carbonyl (C=O) groups excluding carboxylic acids is 2. The summed E-state index contributed by atoms with van der Waals surface area (Å²) in [5.74, 6) is 2.72. The third-order valence-electron chi connectivity index (χ3n) is 13.0. The standard InChI is InChI=1S/C27H31N7O2.C14H13ClN4O.C13H19N3O.CH4/c1-5-24(35)29-19-7-6-8-20(11-19)30-25-18(2)13-28-26(32-25)31-22-10-9-21(12-23(22)36-4)34-16-27(17-34)14-33(3)15-27;1-3-12(20)17-10-5-4-6-11(7-10)18-13-9(2)8-16-14(15)19-13;1-15-6-13(7-15)8-16(9-13)10-3-4-11(14)12(5-10)17-2;/h5-13H,1,14-17H2,2-4H3,(H,29,35)(H2,28,30,31,32);3-8H,1H2,2H3,(H,17,20)(H,16,18,19);3-5H,6-9,14H2,1-2H3;1H4. The van der Waals surface area contributed by atoms with Crippen molar-refractivity contribution in [1.29, 1.82) is 0 Å². The van der Waals surface area contributed by atoms with Crippen molar-refractivity contribution in [2.24, 2.45) is 10.8 Å². The van der Waals surface area contributed by atoms with Crippen molar-refractivity contribution in [3.8, 4) is 11.5 Å². The van der Waals surface area contributed by atoms with Gasteiger partial charge in [-0.2, -0.15) is 4.98 Å². The molecule has 2 aromatic heterocycles. The number of anilines is 11. The molecule has 74 heavy (non-hydrogen) atoms. The highest BCUT2D eigenvalue weighted by Crippen LogP contribution is 2.44.